The highest BCUT2D eigenvalue weighted by atomic mass is 19.1. The lowest BCUT2D eigenvalue weighted by atomic mass is 10.1. The molecule has 1 fully saturated rings. The van der Waals surface area contributed by atoms with E-state index < -0.39 is 17.7 Å². The van der Waals surface area contributed by atoms with Crippen molar-refractivity contribution in [2.24, 2.45) is 7.05 Å². The molecule has 2 aromatic carbocycles. The van der Waals surface area contributed by atoms with Gasteiger partial charge in [-0.3, -0.25) is 9.58 Å². The van der Waals surface area contributed by atoms with E-state index in [2.05, 4.69) is 34.5 Å². The highest BCUT2D eigenvalue weighted by molar-refractivity contribution is 6.00. The number of rotatable bonds is 7. The van der Waals surface area contributed by atoms with Gasteiger partial charge in [0.25, 0.3) is 0 Å². The molecule has 8 nitrogen and oxygen atoms in total. The summed E-state index contributed by atoms with van der Waals surface area (Å²) in [4.78, 5) is 14.7. The second-order valence-corrected chi connectivity index (χ2v) is 8.62. The highest BCUT2D eigenvalue weighted by Crippen LogP contribution is 2.32. The quantitative estimate of drug-likeness (QED) is 0.515. The van der Waals surface area contributed by atoms with Crippen LogP contribution in [0.15, 0.2) is 48.7 Å². The van der Waals surface area contributed by atoms with E-state index in [-0.39, 0.29) is 17.9 Å². The molecule has 1 aliphatic rings. The van der Waals surface area contributed by atoms with Gasteiger partial charge in [0.15, 0.2) is 0 Å². The summed E-state index contributed by atoms with van der Waals surface area (Å²) in [7, 11) is 1.82. The molecule has 1 aromatic heterocycles. The molecule has 0 bridgehead atoms. The number of urea groups is 1. The zero-order valence-electron chi connectivity index (χ0n) is 19.9. The molecule has 10 heteroatoms. The van der Waals surface area contributed by atoms with Crippen molar-refractivity contribution in [2.45, 2.75) is 26.1 Å². The van der Waals surface area contributed by atoms with Gasteiger partial charge in [-0.15, -0.1) is 0 Å². The number of amides is 2. The van der Waals surface area contributed by atoms with E-state index >= 15 is 0 Å². The van der Waals surface area contributed by atoms with Gasteiger partial charge < -0.3 is 20.1 Å². The van der Waals surface area contributed by atoms with E-state index in [1.807, 2.05) is 13.1 Å². The number of nitrogens with zero attached hydrogens (tertiary/aromatic N) is 3. The summed E-state index contributed by atoms with van der Waals surface area (Å²) in [6, 6.07) is 9.39. The smallest absolute Gasteiger partial charge is 0.323 e. The molecule has 35 heavy (non-hydrogen) atoms. The first-order valence-electron chi connectivity index (χ1n) is 11.4. The monoisotopic (exact) mass is 485 g/mol. The minimum Gasteiger partial charge on any atom is -0.492 e. The highest BCUT2D eigenvalue weighted by Gasteiger charge is 2.22. The molecule has 2 heterocycles. The maximum absolute atomic E-state index is 13.9. The number of aromatic nitrogens is 2. The number of nitrogens with one attached hydrogen (secondary N) is 2. The van der Waals surface area contributed by atoms with Crippen molar-refractivity contribution < 1.29 is 23.0 Å². The predicted octanol–water partition coefficient (Wildman–Crippen LogP) is 4.50. The van der Waals surface area contributed by atoms with E-state index in [0.29, 0.717) is 24.1 Å². The standard InChI is InChI=1S/C25H29F2N5O3/c1-16-14-32(15-17(2)35-16)10-11-34-24-7-5-19(13-20(24)23-8-9-28-31(23)3)29-25(33)30-22-6-4-18(26)12-21(22)27/h4-9,12-13,16-17H,10-11,14-15H2,1-3H3,(H2,29,30,33)/t16-,17+. The number of hydrogen-bond donors (Lipinski definition) is 2. The summed E-state index contributed by atoms with van der Waals surface area (Å²) in [6.07, 6.45) is 2.05. The second kappa shape index (κ2) is 10.8. The summed E-state index contributed by atoms with van der Waals surface area (Å²) in [5, 5.41) is 9.30. The second-order valence-electron chi connectivity index (χ2n) is 8.62. The van der Waals surface area contributed by atoms with Crippen molar-refractivity contribution in [1.29, 1.82) is 0 Å². The number of halogens is 2. The van der Waals surface area contributed by atoms with Crippen LogP contribution in [0, 0.1) is 11.6 Å². The first-order valence-corrected chi connectivity index (χ1v) is 11.4. The van der Waals surface area contributed by atoms with Crippen LogP contribution in [0.4, 0.5) is 25.0 Å². The van der Waals surface area contributed by atoms with Crippen molar-refractivity contribution in [3.63, 3.8) is 0 Å². The summed E-state index contributed by atoms with van der Waals surface area (Å²) in [6.45, 7) is 7.09. The number of benzene rings is 2. The van der Waals surface area contributed by atoms with Crippen LogP contribution in [0.1, 0.15) is 13.8 Å². The third-order valence-corrected chi connectivity index (χ3v) is 5.67. The minimum atomic E-state index is -0.858. The Bertz CT molecular complexity index is 1180. The Balaban J connectivity index is 1.46. The average molecular weight is 486 g/mol. The summed E-state index contributed by atoms with van der Waals surface area (Å²) >= 11 is 0. The van der Waals surface area contributed by atoms with Gasteiger partial charge in [0.05, 0.1) is 23.6 Å². The molecule has 0 aliphatic carbocycles. The van der Waals surface area contributed by atoms with Crippen molar-refractivity contribution in [1.82, 2.24) is 14.7 Å². The third-order valence-electron chi connectivity index (χ3n) is 5.67. The first kappa shape index (κ1) is 24.6. The Morgan fingerprint density at radius 3 is 2.57 bits per heavy atom. The van der Waals surface area contributed by atoms with E-state index in [0.717, 1.165) is 43.0 Å². The van der Waals surface area contributed by atoms with Gasteiger partial charge in [0.1, 0.15) is 24.0 Å². The van der Waals surface area contributed by atoms with Crippen molar-refractivity contribution in [3.8, 4) is 17.0 Å². The number of aryl methyl sites for hydroxylation is 1. The molecular weight excluding hydrogens is 456 g/mol. The SMILES string of the molecule is C[C@@H]1CN(CCOc2ccc(NC(=O)Nc3ccc(F)cc3F)cc2-c2ccnn2C)C[C@H](C)O1. The van der Waals surface area contributed by atoms with E-state index in [1.165, 1.54) is 0 Å². The van der Waals surface area contributed by atoms with Gasteiger partial charge in [0, 0.05) is 50.2 Å². The van der Waals surface area contributed by atoms with Gasteiger partial charge in [-0.25, -0.2) is 13.6 Å². The van der Waals surface area contributed by atoms with Crippen LogP contribution >= 0.6 is 0 Å². The fourth-order valence-electron chi connectivity index (χ4n) is 4.20. The maximum atomic E-state index is 13.9. The fourth-order valence-corrected chi connectivity index (χ4v) is 4.20. The number of carbonyl (C=O) groups excluding carboxylic acids is 1. The summed E-state index contributed by atoms with van der Waals surface area (Å²) in [5.41, 5.74) is 1.91. The molecule has 1 saturated heterocycles. The Morgan fingerprint density at radius 1 is 1.11 bits per heavy atom. The molecule has 2 atom stereocenters. The average Bonchev–Trinajstić information content (AvgIpc) is 3.21. The molecule has 0 spiro atoms. The Kier molecular flexibility index (Phi) is 7.62. The van der Waals surface area contributed by atoms with Crippen LogP contribution in [-0.2, 0) is 11.8 Å². The van der Waals surface area contributed by atoms with Crippen LogP contribution in [-0.4, -0.2) is 59.2 Å². The van der Waals surface area contributed by atoms with Crippen LogP contribution in [0.3, 0.4) is 0 Å². The van der Waals surface area contributed by atoms with E-state index in [4.69, 9.17) is 9.47 Å². The largest absolute Gasteiger partial charge is 0.492 e. The van der Waals surface area contributed by atoms with Crippen LogP contribution < -0.4 is 15.4 Å². The number of ether oxygens (including phenoxy) is 2. The van der Waals surface area contributed by atoms with Crippen molar-refractivity contribution in [3.05, 3.63) is 60.3 Å². The van der Waals surface area contributed by atoms with Gasteiger partial charge >= 0.3 is 6.03 Å². The lowest BCUT2D eigenvalue weighted by Crippen LogP contribution is -2.46. The van der Waals surface area contributed by atoms with E-state index in [9.17, 15) is 13.6 Å². The topological polar surface area (TPSA) is 80.7 Å². The van der Waals surface area contributed by atoms with Crippen LogP contribution in [0.2, 0.25) is 0 Å². The van der Waals surface area contributed by atoms with Gasteiger partial charge in [-0.2, -0.15) is 5.10 Å². The molecule has 0 unspecified atom stereocenters. The normalized spacial score (nSPS) is 18.3. The zero-order valence-corrected chi connectivity index (χ0v) is 19.9. The molecule has 2 N–H and O–H groups in total. The number of carbonyl (C=O) groups is 1. The minimum absolute atomic E-state index is 0.123. The third kappa shape index (κ3) is 6.34. The molecule has 0 radical (unpaired) electrons. The molecule has 4 rings (SSSR count). The van der Waals surface area contributed by atoms with Gasteiger partial charge in [0.2, 0.25) is 0 Å². The Labute approximate surface area is 202 Å². The molecule has 3 aromatic rings. The molecular formula is C25H29F2N5O3. The Hall–Kier alpha value is -3.50. The number of hydrogen-bond acceptors (Lipinski definition) is 5. The molecule has 0 saturated carbocycles. The lowest BCUT2D eigenvalue weighted by molar-refractivity contribution is -0.0699. The van der Waals surface area contributed by atoms with Crippen molar-refractivity contribution in [2.75, 3.05) is 36.9 Å². The molecule has 1 aliphatic heterocycles. The lowest BCUT2D eigenvalue weighted by Gasteiger charge is -2.35. The maximum Gasteiger partial charge on any atom is 0.323 e. The van der Waals surface area contributed by atoms with Crippen LogP contribution in [0.25, 0.3) is 11.3 Å². The zero-order chi connectivity index (χ0) is 24.9. The number of anilines is 2. The first-order chi connectivity index (χ1) is 16.8. The summed E-state index contributed by atoms with van der Waals surface area (Å²) in [5.74, 6) is -0.926. The Morgan fingerprint density at radius 2 is 1.89 bits per heavy atom. The predicted molar refractivity (Wildman–Crippen MR) is 130 cm³/mol. The van der Waals surface area contributed by atoms with Crippen molar-refractivity contribution >= 4 is 17.4 Å². The van der Waals surface area contributed by atoms with Gasteiger partial charge in [-0.05, 0) is 50.2 Å². The fraction of sp³-hybridized carbons (Fsp3) is 0.360. The summed E-state index contributed by atoms with van der Waals surface area (Å²) < 4.78 is 40.6. The van der Waals surface area contributed by atoms with Gasteiger partial charge in [-0.1, -0.05) is 0 Å². The molecule has 2 amide bonds. The number of morpholine rings is 1. The molecule has 186 valence electrons. The van der Waals surface area contributed by atoms with Crippen LogP contribution in [0.5, 0.6) is 5.75 Å². The van der Waals surface area contributed by atoms with E-state index in [1.54, 1.807) is 29.1 Å².